The van der Waals surface area contributed by atoms with E-state index in [9.17, 15) is 0 Å². The third kappa shape index (κ3) is 2.64. The smallest absolute Gasteiger partial charge is 0.157 e. The highest BCUT2D eigenvalue weighted by atomic mass is 32.2. The first-order chi connectivity index (χ1) is 6.74. The van der Waals surface area contributed by atoms with Gasteiger partial charge in [0.25, 0.3) is 0 Å². The van der Waals surface area contributed by atoms with Crippen LogP contribution in [0.5, 0.6) is 0 Å². The number of amidine groups is 1. The Morgan fingerprint density at radius 2 is 2.36 bits per heavy atom. The van der Waals surface area contributed by atoms with Gasteiger partial charge in [-0.05, 0) is 26.7 Å². The quantitative estimate of drug-likeness (QED) is 0.720. The maximum absolute atomic E-state index is 5.50. The molecule has 0 aliphatic carbocycles. The fraction of sp³-hybridized carbons (Fsp3) is 0.900. The summed E-state index contributed by atoms with van der Waals surface area (Å²) in [6.07, 6.45) is 2.52. The highest BCUT2D eigenvalue weighted by molar-refractivity contribution is 8.14. The number of nitrogens with zero attached hydrogens (tertiary/aromatic N) is 1. The minimum atomic E-state index is 0.377. The van der Waals surface area contributed by atoms with Gasteiger partial charge in [-0.1, -0.05) is 11.8 Å². The van der Waals surface area contributed by atoms with Crippen molar-refractivity contribution in [2.75, 3.05) is 12.4 Å². The molecule has 0 aromatic carbocycles. The van der Waals surface area contributed by atoms with E-state index < -0.39 is 0 Å². The number of ether oxygens (including phenoxy) is 1. The lowest BCUT2D eigenvalue weighted by atomic mass is 10.1. The van der Waals surface area contributed by atoms with Crippen LogP contribution in [0.15, 0.2) is 4.99 Å². The van der Waals surface area contributed by atoms with Crippen LogP contribution in [0.4, 0.5) is 0 Å². The van der Waals surface area contributed by atoms with Crippen LogP contribution >= 0.6 is 11.8 Å². The summed E-state index contributed by atoms with van der Waals surface area (Å²) in [5.41, 5.74) is 0. The molecule has 4 heteroatoms. The predicted octanol–water partition coefficient (Wildman–Crippen LogP) is 1.63. The lowest BCUT2D eigenvalue weighted by molar-refractivity contribution is 0.0204. The molecule has 0 aromatic rings. The Morgan fingerprint density at radius 3 is 3.00 bits per heavy atom. The third-order valence-corrected chi connectivity index (χ3v) is 3.76. The number of nitrogens with one attached hydrogen (secondary N) is 1. The molecular formula is C10H18N2OS. The summed E-state index contributed by atoms with van der Waals surface area (Å²) in [6.45, 7) is 5.19. The summed E-state index contributed by atoms with van der Waals surface area (Å²) in [7, 11) is 0. The Kier molecular flexibility index (Phi) is 3.34. The Labute approximate surface area is 89.7 Å². The van der Waals surface area contributed by atoms with Gasteiger partial charge in [-0.2, -0.15) is 0 Å². The van der Waals surface area contributed by atoms with Gasteiger partial charge in [0.15, 0.2) is 5.17 Å². The fourth-order valence-corrected chi connectivity index (χ4v) is 2.83. The largest absolute Gasteiger partial charge is 0.378 e. The monoisotopic (exact) mass is 214 g/mol. The zero-order chi connectivity index (χ0) is 9.97. The first-order valence-electron chi connectivity index (χ1n) is 5.33. The number of hydrogen-bond donors (Lipinski definition) is 1. The van der Waals surface area contributed by atoms with Crippen LogP contribution in [0.25, 0.3) is 0 Å². The average molecular weight is 214 g/mol. The fourth-order valence-electron chi connectivity index (χ4n) is 1.83. The molecule has 0 aromatic heterocycles. The molecule has 0 radical (unpaired) electrons. The lowest BCUT2D eigenvalue weighted by Crippen LogP contribution is -2.29. The van der Waals surface area contributed by atoms with Gasteiger partial charge in [-0.25, -0.2) is 0 Å². The molecule has 0 bridgehead atoms. The molecule has 0 saturated carbocycles. The standard InChI is InChI=1S/C10H18N2OS/c1-7-6-14-10(11-7)12-9-3-4-13-8(2)5-9/h7-9H,3-6H2,1-2H3,(H,11,12). The lowest BCUT2D eigenvalue weighted by Gasteiger charge is -2.24. The maximum atomic E-state index is 5.50. The number of rotatable bonds is 1. The molecule has 3 unspecified atom stereocenters. The van der Waals surface area contributed by atoms with Crippen molar-refractivity contribution in [3.63, 3.8) is 0 Å². The van der Waals surface area contributed by atoms with Gasteiger partial charge in [0.05, 0.1) is 12.1 Å². The Morgan fingerprint density at radius 1 is 1.50 bits per heavy atom. The van der Waals surface area contributed by atoms with Crippen molar-refractivity contribution >= 4 is 16.9 Å². The first kappa shape index (κ1) is 10.3. The molecule has 3 atom stereocenters. The second kappa shape index (κ2) is 4.53. The topological polar surface area (TPSA) is 33.6 Å². The molecule has 80 valence electrons. The van der Waals surface area contributed by atoms with Crippen molar-refractivity contribution in [1.29, 1.82) is 0 Å². The van der Waals surface area contributed by atoms with Crippen LogP contribution in [-0.4, -0.2) is 35.7 Å². The van der Waals surface area contributed by atoms with E-state index in [4.69, 9.17) is 9.73 Å². The van der Waals surface area contributed by atoms with E-state index in [1.54, 1.807) is 0 Å². The molecule has 14 heavy (non-hydrogen) atoms. The average Bonchev–Trinajstić information content (AvgIpc) is 2.51. The molecule has 2 heterocycles. The first-order valence-corrected chi connectivity index (χ1v) is 6.31. The molecule has 3 nitrogen and oxygen atoms in total. The SMILES string of the molecule is CC1CSC(=NC2CCOC(C)C2)N1. The van der Waals surface area contributed by atoms with Crippen molar-refractivity contribution in [3.8, 4) is 0 Å². The molecule has 2 rings (SSSR count). The number of aliphatic imine (C=N–C) groups is 1. The van der Waals surface area contributed by atoms with Crippen LogP contribution < -0.4 is 5.32 Å². The molecule has 2 fully saturated rings. The zero-order valence-corrected chi connectivity index (χ0v) is 9.64. The van der Waals surface area contributed by atoms with Gasteiger partial charge in [0.1, 0.15) is 0 Å². The normalized spacial score (nSPS) is 41.3. The van der Waals surface area contributed by atoms with Crippen molar-refractivity contribution < 1.29 is 4.74 Å². The number of hydrogen-bond acceptors (Lipinski definition) is 3. The van der Waals surface area contributed by atoms with Crippen molar-refractivity contribution in [2.45, 2.75) is 44.9 Å². The molecule has 0 spiro atoms. The zero-order valence-electron chi connectivity index (χ0n) is 8.82. The van der Waals surface area contributed by atoms with E-state index in [2.05, 4.69) is 19.2 Å². The van der Waals surface area contributed by atoms with E-state index in [0.29, 0.717) is 18.2 Å². The summed E-state index contributed by atoms with van der Waals surface area (Å²) < 4.78 is 5.50. The van der Waals surface area contributed by atoms with Gasteiger partial charge < -0.3 is 10.1 Å². The summed E-state index contributed by atoms with van der Waals surface area (Å²) in [4.78, 5) is 4.72. The van der Waals surface area contributed by atoms with Crippen LogP contribution in [-0.2, 0) is 4.74 Å². The highest BCUT2D eigenvalue weighted by Crippen LogP contribution is 2.20. The van der Waals surface area contributed by atoms with E-state index in [0.717, 1.165) is 30.4 Å². The minimum Gasteiger partial charge on any atom is -0.378 e. The van der Waals surface area contributed by atoms with E-state index in [-0.39, 0.29) is 0 Å². The van der Waals surface area contributed by atoms with E-state index >= 15 is 0 Å². The third-order valence-electron chi connectivity index (χ3n) is 2.60. The minimum absolute atomic E-state index is 0.377. The summed E-state index contributed by atoms with van der Waals surface area (Å²) in [6, 6.07) is 1.05. The van der Waals surface area contributed by atoms with Crippen LogP contribution in [0, 0.1) is 0 Å². The summed E-state index contributed by atoms with van der Waals surface area (Å²) in [5, 5.41) is 4.52. The molecule has 2 saturated heterocycles. The molecular weight excluding hydrogens is 196 g/mol. The van der Waals surface area contributed by atoms with Crippen molar-refractivity contribution in [1.82, 2.24) is 5.32 Å². The van der Waals surface area contributed by atoms with Gasteiger partial charge in [0.2, 0.25) is 0 Å². The Hall–Kier alpha value is -0.220. The number of thioether (sulfide) groups is 1. The van der Waals surface area contributed by atoms with Crippen LogP contribution in [0.1, 0.15) is 26.7 Å². The van der Waals surface area contributed by atoms with Gasteiger partial charge in [-0.3, -0.25) is 4.99 Å². The van der Waals surface area contributed by atoms with E-state index in [1.807, 2.05) is 11.8 Å². The molecule has 2 aliphatic rings. The van der Waals surface area contributed by atoms with Crippen LogP contribution in [0.3, 0.4) is 0 Å². The van der Waals surface area contributed by atoms with Crippen molar-refractivity contribution in [3.05, 3.63) is 0 Å². The Balaban J connectivity index is 1.89. The van der Waals surface area contributed by atoms with Gasteiger partial charge >= 0.3 is 0 Å². The summed E-state index contributed by atoms with van der Waals surface area (Å²) >= 11 is 1.84. The second-order valence-corrected chi connectivity index (χ2v) is 5.16. The van der Waals surface area contributed by atoms with Crippen LogP contribution in [0.2, 0.25) is 0 Å². The van der Waals surface area contributed by atoms with E-state index in [1.165, 1.54) is 0 Å². The van der Waals surface area contributed by atoms with Gasteiger partial charge in [-0.15, -0.1) is 0 Å². The Bertz CT molecular complexity index is 232. The van der Waals surface area contributed by atoms with Gasteiger partial charge in [0, 0.05) is 18.4 Å². The second-order valence-electron chi connectivity index (χ2n) is 4.15. The van der Waals surface area contributed by atoms with Crippen molar-refractivity contribution in [2.24, 2.45) is 4.99 Å². The predicted molar refractivity (Wildman–Crippen MR) is 60.9 cm³/mol. The maximum Gasteiger partial charge on any atom is 0.157 e. The molecule has 0 amide bonds. The molecule has 2 aliphatic heterocycles. The molecule has 1 N–H and O–H groups in total. The summed E-state index contributed by atoms with van der Waals surface area (Å²) in [5.74, 6) is 1.15. The highest BCUT2D eigenvalue weighted by Gasteiger charge is 2.21.